The number of benzene rings is 1. The first-order valence-electron chi connectivity index (χ1n) is 13.1. The van der Waals surface area contributed by atoms with Crippen molar-refractivity contribution < 1.29 is 19.1 Å². The summed E-state index contributed by atoms with van der Waals surface area (Å²) in [6, 6.07) is 6.93. The number of nitrogens with zero attached hydrogens (tertiary/aromatic N) is 3. The Bertz CT molecular complexity index is 1310. The highest BCUT2D eigenvalue weighted by Crippen LogP contribution is 2.65. The van der Waals surface area contributed by atoms with E-state index in [1.807, 2.05) is 20.8 Å². The molecule has 1 aliphatic carbocycles. The third-order valence-electron chi connectivity index (χ3n) is 8.22. The van der Waals surface area contributed by atoms with Crippen LogP contribution in [0.1, 0.15) is 41.0 Å². The van der Waals surface area contributed by atoms with Crippen LogP contribution in [0.4, 0.5) is 10.7 Å². The van der Waals surface area contributed by atoms with Gasteiger partial charge in [0.1, 0.15) is 28.9 Å². The summed E-state index contributed by atoms with van der Waals surface area (Å²) >= 11 is 1.41. The van der Waals surface area contributed by atoms with Crippen molar-refractivity contribution in [3.05, 3.63) is 36.0 Å². The smallest absolute Gasteiger partial charge is 0.265 e. The van der Waals surface area contributed by atoms with Gasteiger partial charge in [-0.1, -0.05) is 46.8 Å². The predicted octanol–water partition coefficient (Wildman–Crippen LogP) is 3.25. The van der Waals surface area contributed by atoms with Crippen LogP contribution in [0.2, 0.25) is 0 Å². The summed E-state index contributed by atoms with van der Waals surface area (Å²) in [4.78, 5) is 46.1. The summed E-state index contributed by atoms with van der Waals surface area (Å²) in [6.45, 7) is 10.7. The Labute approximate surface area is 232 Å². The SMILES string of the molecule is CC(C)(C)C(Nc1cncs1)C(=O)N1C[C@H]2[C@@H]([C@H]1C(=O)NC(C#N)CC1Oc3ccccc3NC1=O)C2(C)C. The van der Waals surface area contributed by atoms with Crippen LogP contribution in [0.25, 0.3) is 0 Å². The van der Waals surface area contributed by atoms with E-state index in [9.17, 15) is 19.6 Å². The second-order valence-corrected chi connectivity index (χ2v) is 13.1. The molecule has 3 N–H and O–H groups in total. The van der Waals surface area contributed by atoms with E-state index in [0.29, 0.717) is 18.0 Å². The number of likely N-dealkylation sites (tertiary alicyclic amines) is 1. The number of rotatable bonds is 7. The minimum atomic E-state index is -0.967. The van der Waals surface area contributed by atoms with Gasteiger partial charge in [0, 0.05) is 13.0 Å². The topological polar surface area (TPSA) is 136 Å². The number of nitrogens with one attached hydrogen (secondary N) is 3. The van der Waals surface area contributed by atoms with Crippen molar-refractivity contribution >= 4 is 39.7 Å². The van der Waals surface area contributed by atoms with E-state index in [1.54, 1.807) is 40.9 Å². The van der Waals surface area contributed by atoms with E-state index < -0.39 is 29.6 Å². The Kier molecular flexibility index (Phi) is 6.79. The minimum absolute atomic E-state index is 0.00841. The van der Waals surface area contributed by atoms with Crippen LogP contribution >= 0.6 is 11.3 Å². The fourth-order valence-electron chi connectivity index (χ4n) is 5.92. The van der Waals surface area contributed by atoms with Gasteiger partial charge >= 0.3 is 0 Å². The molecule has 0 radical (unpaired) electrons. The lowest BCUT2D eigenvalue weighted by Crippen LogP contribution is -2.57. The number of thiazole rings is 1. The quantitative estimate of drug-likeness (QED) is 0.481. The van der Waals surface area contributed by atoms with Crippen LogP contribution in [0.5, 0.6) is 5.75 Å². The summed E-state index contributed by atoms with van der Waals surface area (Å²) in [5, 5.41) is 19.6. The predicted molar refractivity (Wildman–Crippen MR) is 147 cm³/mol. The molecule has 10 nitrogen and oxygen atoms in total. The van der Waals surface area contributed by atoms with Gasteiger partial charge in [0.2, 0.25) is 11.8 Å². The average Bonchev–Trinajstić information content (AvgIpc) is 3.32. The summed E-state index contributed by atoms with van der Waals surface area (Å²) < 4.78 is 5.83. The zero-order valence-corrected chi connectivity index (χ0v) is 23.5. The Morgan fingerprint density at radius 3 is 2.74 bits per heavy atom. The van der Waals surface area contributed by atoms with Gasteiger partial charge in [0.25, 0.3) is 5.91 Å². The molecule has 1 aromatic carbocycles. The van der Waals surface area contributed by atoms with Crippen LogP contribution in [-0.4, -0.2) is 58.4 Å². The van der Waals surface area contributed by atoms with Crippen molar-refractivity contribution in [2.24, 2.45) is 22.7 Å². The number of anilines is 2. The molecule has 6 atom stereocenters. The highest BCUT2D eigenvalue weighted by Gasteiger charge is 2.69. The number of hydrogen-bond donors (Lipinski definition) is 3. The number of fused-ring (bicyclic) bond motifs is 2. The molecule has 3 aliphatic rings. The highest BCUT2D eigenvalue weighted by atomic mass is 32.1. The molecule has 11 heteroatoms. The van der Waals surface area contributed by atoms with Crippen LogP contribution in [0.3, 0.4) is 0 Å². The summed E-state index contributed by atoms with van der Waals surface area (Å²) in [5.74, 6) is -0.195. The van der Waals surface area contributed by atoms with E-state index in [1.165, 1.54) is 11.3 Å². The molecule has 1 saturated heterocycles. The van der Waals surface area contributed by atoms with Gasteiger partial charge in [-0.2, -0.15) is 5.26 Å². The normalized spacial score (nSPS) is 26.2. The second-order valence-electron chi connectivity index (χ2n) is 12.2. The average molecular weight is 551 g/mol. The maximum absolute atomic E-state index is 14.0. The standard InChI is InChI=1S/C28H34N6O4S/c1-27(2,3)23(33-20-12-30-14-39-20)26(37)34-13-16-21(28(16,4)5)22(34)25(36)31-15(11-29)10-19-24(35)32-17-8-6-7-9-18(17)38-19/h6-9,12,14-16,19,21-23,33H,10,13H2,1-5H3,(H,31,36)(H,32,35)/t15?,16-,19?,21-,22-,23?/m0/s1. The third-order valence-corrected chi connectivity index (χ3v) is 8.93. The molecular weight excluding hydrogens is 516 g/mol. The van der Waals surface area contributed by atoms with Crippen LogP contribution in [0, 0.1) is 34.0 Å². The first-order valence-corrected chi connectivity index (χ1v) is 14.0. The van der Waals surface area contributed by atoms with Crippen LogP contribution < -0.4 is 20.7 Å². The summed E-state index contributed by atoms with van der Waals surface area (Å²) in [5.41, 5.74) is 1.76. The Morgan fingerprint density at radius 2 is 2.08 bits per heavy atom. The lowest BCUT2D eigenvalue weighted by atomic mass is 9.85. The summed E-state index contributed by atoms with van der Waals surface area (Å²) in [6.07, 6.45) is 0.744. The fraction of sp³-hybridized carbons (Fsp3) is 0.536. The number of carbonyl (C=O) groups excluding carboxylic acids is 3. The molecule has 3 amide bonds. The molecule has 2 aromatic rings. The first-order chi connectivity index (χ1) is 18.4. The highest BCUT2D eigenvalue weighted by molar-refractivity contribution is 7.13. The third kappa shape index (κ3) is 5.05. The van der Waals surface area contributed by atoms with Gasteiger partial charge < -0.3 is 25.6 Å². The molecule has 3 unspecified atom stereocenters. The second kappa shape index (κ2) is 9.83. The maximum atomic E-state index is 14.0. The number of para-hydroxylation sites is 2. The number of amides is 3. The van der Waals surface area contributed by atoms with Crippen molar-refractivity contribution in [3.8, 4) is 11.8 Å². The number of hydrogen-bond acceptors (Lipinski definition) is 8. The molecular formula is C28H34N6O4S. The number of aromatic nitrogens is 1. The van der Waals surface area contributed by atoms with E-state index in [0.717, 1.165) is 5.00 Å². The van der Waals surface area contributed by atoms with Crippen LogP contribution in [-0.2, 0) is 14.4 Å². The van der Waals surface area contributed by atoms with Gasteiger partial charge in [-0.15, -0.1) is 11.3 Å². The Morgan fingerprint density at radius 1 is 1.33 bits per heavy atom. The molecule has 1 saturated carbocycles. The van der Waals surface area contributed by atoms with E-state index in [2.05, 4.69) is 40.9 Å². The zero-order valence-electron chi connectivity index (χ0n) is 22.7. The van der Waals surface area contributed by atoms with Crippen molar-refractivity contribution in [1.29, 1.82) is 5.26 Å². The largest absolute Gasteiger partial charge is 0.478 e. The molecule has 0 spiro atoms. The molecule has 2 fully saturated rings. The Hall–Kier alpha value is -3.65. The molecule has 5 rings (SSSR count). The molecule has 2 aliphatic heterocycles. The number of carbonyl (C=O) groups is 3. The minimum Gasteiger partial charge on any atom is -0.478 e. The number of piperidine rings is 1. The maximum Gasteiger partial charge on any atom is 0.265 e. The van der Waals surface area contributed by atoms with Crippen molar-refractivity contribution in [2.45, 2.75) is 65.3 Å². The molecule has 1 aromatic heterocycles. The van der Waals surface area contributed by atoms with E-state index in [4.69, 9.17) is 4.74 Å². The Balaban J connectivity index is 1.32. The van der Waals surface area contributed by atoms with E-state index >= 15 is 0 Å². The lowest BCUT2D eigenvalue weighted by molar-refractivity contribution is -0.142. The van der Waals surface area contributed by atoms with Gasteiger partial charge in [-0.05, 0) is 34.8 Å². The van der Waals surface area contributed by atoms with Gasteiger partial charge in [-0.25, -0.2) is 0 Å². The number of nitriles is 1. The van der Waals surface area contributed by atoms with Crippen molar-refractivity contribution in [2.75, 3.05) is 17.2 Å². The first kappa shape index (κ1) is 26.9. The summed E-state index contributed by atoms with van der Waals surface area (Å²) in [7, 11) is 0. The van der Waals surface area contributed by atoms with E-state index in [-0.39, 0.29) is 41.4 Å². The van der Waals surface area contributed by atoms with Crippen molar-refractivity contribution in [3.63, 3.8) is 0 Å². The van der Waals surface area contributed by atoms with Gasteiger partial charge in [-0.3, -0.25) is 19.4 Å². The number of ether oxygens (including phenoxy) is 1. The van der Waals surface area contributed by atoms with Gasteiger partial charge in [0.15, 0.2) is 6.10 Å². The lowest BCUT2D eigenvalue weighted by Gasteiger charge is -2.38. The van der Waals surface area contributed by atoms with Gasteiger partial charge in [0.05, 0.1) is 23.5 Å². The molecule has 39 heavy (non-hydrogen) atoms. The molecule has 0 bridgehead atoms. The van der Waals surface area contributed by atoms with Crippen LogP contribution in [0.15, 0.2) is 36.0 Å². The van der Waals surface area contributed by atoms with Crippen molar-refractivity contribution in [1.82, 2.24) is 15.2 Å². The molecule has 3 heterocycles. The monoisotopic (exact) mass is 550 g/mol. The fourth-order valence-corrected chi connectivity index (χ4v) is 6.46. The zero-order chi connectivity index (χ0) is 28.1. The molecule has 206 valence electrons.